The van der Waals surface area contributed by atoms with Crippen LogP contribution in [-0.4, -0.2) is 78.4 Å². The fourth-order valence-electron chi connectivity index (χ4n) is 8.86. The fraction of sp³-hybridized carbons (Fsp3) is 0.609. The number of carbonyl (C=O) groups excluding carboxylic acids is 3. The van der Waals surface area contributed by atoms with Crippen molar-refractivity contribution in [3.8, 4) is 0 Å². The first-order valence-electron chi connectivity index (χ1n) is 11.5. The van der Waals surface area contributed by atoms with Crippen LogP contribution in [0.4, 0.5) is 0 Å². The molecule has 8 unspecified atom stereocenters. The summed E-state index contributed by atoms with van der Waals surface area (Å²) in [7, 11) is -0.578. The highest BCUT2D eigenvalue weighted by Crippen LogP contribution is 2.71. The zero-order chi connectivity index (χ0) is 24.4. The van der Waals surface area contributed by atoms with E-state index in [4.69, 9.17) is 23.4 Å². The molecular formula is C23H26ClN2O8+. The van der Waals surface area contributed by atoms with Crippen LogP contribution in [-0.2, 0) is 19.1 Å². The molecule has 182 valence electrons. The van der Waals surface area contributed by atoms with Crippen LogP contribution < -0.4 is 18.6 Å². The van der Waals surface area contributed by atoms with Crippen LogP contribution in [0.15, 0.2) is 35.1 Å². The van der Waals surface area contributed by atoms with Gasteiger partial charge in [0.05, 0.1) is 45.8 Å². The van der Waals surface area contributed by atoms with E-state index < -0.39 is 21.8 Å². The van der Waals surface area contributed by atoms with Crippen molar-refractivity contribution < 1.29 is 57.0 Å². The Balaban J connectivity index is 0.000000398. The Morgan fingerprint density at radius 1 is 1.09 bits per heavy atom. The molecule has 1 spiro atoms. The maximum atomic E-state index is 13.6. The third-order valence-corrected chi connectivity index (χ3v) is 9.84. The van der Waals surface area contributed by atoms with Gasteiger partial charge in [-0.05, 0) is 11.6 Å². The Labute approximate surface area is 198 Å². The minimum Gasteiger partial charge on any atom is -0.373 e. The first-order chi connectivity index (χ1) is 15.8. The molecule has 0 aromatic heterocycles. The zero-order valence-corrected chi connectivity index (χ0v) is 19.7. The second-order valence-corrected chi connectivity index (χ2v) is 11.8. The van der Waals surface area contributed by atoms with E-state index in [1.807, 2.05) is 7.05 Å². The van der Waals surface area contributed by atoms with Crippen LogP contribution in [0.1, 0.15) is 19.3 Å². The summed E-state index contributed by atoms with van der Waals surface area (Å²) in [5.41, 5.74) is 3.11. The summed E-state index contributed by atoms with van der Waals surface area (Å²) in [4.78, 5) is 38.5. The minimum atomic E-state index is -4.94. The third-order valence-electron chi connectivity index (χ3n) is 9.84. The fourth-order valence-corrected chi connectivity index (χ4v) is 8.86. The Hall–Kier alpha value is -1.76. The quantitative estimate of drug-likeness (QED) is 0.144. The van der Waals surface area contributed by atoms with Crippen LogP contribution >= 0.6 is 0 Å². The molecule has 7 rings (SSSR count). The summed E-state index contributed by atoms with van der Waals surface area (Å²) >= 11 is 0. The summed E-state index contributed by atoms with van der Waals surface area (Å²) in [6, 6.07) is 0.460. The molecule has 1 saturated carbocycles. The van der Waals surface area contributed by atoms with Crippen LogP contribution in [0, 0.1) is 27.5 Å². The third kappa shape index (κ3) is 2.68. The smallest absolute Gasteiger partial charge is 0.321 e. The van der Waals surface area contributed by atoms with Gasteiger partial charge >= 0.3 is 5.91 Å². The highest BCUT2D eigenvalue weighted by atomic mass is 35.7. The molecule has 7 aliphatic rings. The average molecular weight is 494 g/mol. The van der Waals surface area contributed by atoms with Crippen molar-refractivity contribution in [3.63, 3.8) is 0 Å². The van der Waals surface area contributed by atoms with Crippen molar-refractivity contribution >= 4 is 17.5 Å². The Morgan fingerprint density at radius 2 is 1.76 bits per heavy atom. The number of hydrogen-bond donors (Lipinski definition) is 0. The molecule has 0 radical (unpaired) electrons. The molecule has 0 aromatic carbocycles. The largest absolute Gasteiger partial charge is 0.373 e. The molecule has 1 amide bonds. The van der Waals surface area contributed by atoms with Gasteiger partial charge in [0.2, 0.25) is 11.6 Å². The number of piperidine rings is 2. The van der Waals surface area contributed by atoms with Gasteiger partial charge in [-0.15, -0.1) is 10.2 Å². The number of ketones is 2. The summed E-state index contributed by atoms with van der Waals surface area (Å²) in [5, 5.41) is 0. The van der Waals surface area contributed by atoms with Crippen molar-refractivity contribution in [1.29, 1.82) is 0 Å². The summed E-state index contributed by atoms with van der Waals surface area (Å²) in [6.07, 6.45) is 7.83. The lowest BCUT2D eigenvalue weighted by Crippen LogP contribution is -2.73. The van der Waals surface area contributed by atoms with Crippen molar-refractivity contribution in [2.45, 2.75) is 37.5 Å². The standard InChI is InChI=1S/C23H26N2O4.ClHO4/c1-24-5-4-23-14-8-16(26)17(27)9-15(14)25(2)20(28)10-18-21(22(23)25)13(7-19(23)24)12(11-24)3-6-29-18;2-1(3,4)5/h3,8-9,13,18-19,21-22H,4-7,10-11H2,1-2H3;(H,2,3,4,5)/q+2;/p-1. The van der Waals surface area contributed by atoms with Gasteiger partial charge in [0.1, 0.15) is 29.7 Å². The molecular weight excluding hydrogens is 468 g/mol. The van der Waals surface area contributed by atoms with Gasteiger partial charge in [0.25, 0.3) is 0 Å². The first kappa shape index (κ1) is 22.7. The van der Waals surface area contributed by atoms with Gasteiger partial charge in [0, 0.05) is 30.3 Å². The molecule has 5 heterocycles. The van der Waals surface area contributed by atoms with E-state index in [0.717, 1.165) is 41.7 Å². The molecule has 2 aliphatic carbocycles. The maximum absolute atomic E-state index is 13.6. The van der Waals surface area contributed by atoms with Crippen molar-refractivity contribution in [2.24, 2.45) is 17.3 Å². The highest BCUT2D eigenvalue weighted by Gasteiger charge is 2.82. The van der Waals surface area contributed by atoms with E-state index in [0.29, 0.717) is 25.0 Å². The molecule has 8 atom stereocenters. The molecule has 5 fully saturated rings. The summed E-state index contributed by atoms with van der Waals surface area (Å²) in [6.45, 7) is 2.70. The lowest BCUT2D eigenvalue weighted by Gasteiger charge is -2.59. The number of halogens is 1. The highest BCUT2D eigenvalue weighted by molar-refractivity contribution is 6.46. The van der Waals surface area contributed by atoms with Crippen molar-refractivity contribution in [1.82, 2.24) is 0 Å². The van der Waals surface area contributed by atoms with Gasteiger partial charge in [-0.2, -0.15) is 0 Å². The number of likely N-dealkylation sites (N-methyl/N-ethyl adjacent to an activating group) is 2. The zero-order valence-electron chi connectivity index (χ0n) is 18.9. The SMILES string of the molecule is C[N+]12CCC34C5=CC(=O)C(=O)C=C5[N+]5(C)C(=O)CC6OCC=C(C1)C(CC32)C6C45.[O-][Cl+3]([O-])([O-])[O-]. The molecule has 2 bridgehead atoms. The van der Waals surface area contributed by atoms with Crippen LogP contribution in [0.3, 0.4) is 0 Å². The molecule has 10 nitrogen and oxygen atoms in total. The number of hydrogen-bond acceptors (Lipinski definition) is 8. The number of nitrogens with zero attached hydrogens (tertiary/aromatic N) is 2. The lowest BCUT2D eigenvalue weighted by molar-refractivity contribution is -2.00. The molecule has 0 aromatic rings. The average Bonchev–Trinajstić information content (AvgIpc) is 3.08. The molecule has 34 heavy (non-hydrogen) atoms. The minimum absolute atomic E-state index is 0.0551. The van der Waals surface area contributed by atoms with E-state index in [1.54, 1.807) is 6.08 Å². The summed E-state index contributed by atoms with van der Waals surface area (Å²) in [5.74, 6) is -0.0494. The number of quaternary nitrogens is 2. The Bertz CT molecular complexity index is 1130. The van der Waals surface area contributed by atoms with Crippen molar-refractivity contribution in [3.05, 3.63) is 35.1 Å². The lowest BCUT2D eigenvalue weighted by atomic mass is 9.52. The van der Waals surface area contributed by atoms with Gasteiger partial charge in [-0.3, -0.25) is 9.59 Å². The number of rotatable bonds is 0. The second-order valence-electron chi connectivity index (χ2n) is 11.0. The van der Waals surface area contributed by atoms with Crippen LogP contribution in [0.2, 0.25) is 0 Å². The molecule has 4 saturated heterocycles. The topological polar surface area (TPSA) is 153 Å². The number of fused-ring (bicyclic) bond motifs is 2. The number of allylic oxidation sites excluding steroid dienone is 3. The van der Waals surface area contributed by atoms with Gasteiger partial charge in [0.15, 0.2) is 0 Å². The van der Waals surface area contributed by atoms with E-state index in [2.05, 4.69) is 13.1 Å². The number of amides is 1. The second kappa shape index (κ2) is 6.71. The maximum Gasteiger partial charge on any atom is 0.321 e. The predicted molar refractivity (Wildman–Crippen MR) is 102 cm³/mol. The van der Waals surface area contributed by atoms with E-state index in [9.17, 15) is 14.4 Å². The van der Waals surface area contributed by atoms with Crippen molar-refractivity contribution in [2.75, 3.05) is 33.8 Å². The number of carbonyl (C=O) groups is 3. The van der Waals surface area contributed by atoms with E-state index in [-0.39, 0.29) is 33.9 Å². The molecule has 5 aliphatic heterocycles. The predicted octanol–water partition coefficient (Wildman–Crippen LogP) is -3.87. The van der Waals surface area contributed by atoms with Gasteiger partial charge in [-0.1, -0.05) is 6.08 Å². The molecule has 0 N–H and O–H groups in total. The molecule has 11 heteroatoms. The summed E-state index contributed by atoms with van der Waals surface area (Å²) < 4.78 is 41.4. The normalized spacial score (nSPS) is 47.6. The van der Waals surface area contributed by atoms with E-state index in [1.165, 1.54) is 11.6 Å². The van der Waals surface area contributed by atoms with Gasteiger partial charge in [-0.25, -0.2) is 27.9 Å². The van der Waals surface area contributed by atoms with Gasteiger partial charge < -0.3 is 9.22 Å². The monoisotopic (exact) mass is 493 g/mol. The Kier molecular flexibility index (Phi) is 4.48. The first-order valence-corrected chi connectivity index (χ1v) is 12.7. The van der Waals surface area contributed by atoms with E-state index >= 15 is 0 Å². The van der Waals surface area contributed by atoms with Crippen LogP contribution in [0.5, 0.6) is 0 Å². The Morgan fingerprint density at radius 3 is 2.47 bits per heavy atom. The van der Waals surface area contributed by atoms with Crippen LogP contribution in [0.25, 0.3) is 0 Å². The number of ether oxygens (including phenoxy) is 1.